The van der Waals surface area contributed by atoms with Crippen LogP contribution < -0.4 is 19.5 Å². The first-order chi connectivity index (χ1) is 10.5. The lowest BCUT2D eigenvalue weighted by molar-refractivity contribution is 0.395. The molecule has 22 heavy (non-hydrogen) atoms. The van der Waals surface area contributed by atoms with Crippen molar-refractivity contribution < 1.29 is 17.9 Å². The number of sulfonamides is 1. The quantitative estimate of drug-likeness (QED) is 0.842. The number of nitrogens with zero attached hydrogens (tertiary/aromatic N) is 1. The largest absolute Gasteiger partial charge is 0.497 e. The monoisotopic (exact) mass is 323 g/mol. The van der Waals surface area contributed by atoms with Crippen LogP contribution in [0.4, 0.5) is 11.5 Å². The molecule has 2 N–H and O–H groups in total. The Balaban J connectivity index is 2.44. The second-order valence-corrected chi connectivity index (χ2v) is 6.14. The van der Waals surface area contributed by atoms with E-state index in [2.05, 4.69) is 15.0 Å². The summed E-state index contributed by atoms with van der Waals surface area (Å²) in [6.45, 7) is 0. The predicted octanol–water partition coefficient (Wildman–Crippen LogP) is 1.75. The molecule has 2 rings (SSSR count). The fraction of sp³-hybridized carbons (Fsp3) is 0.214. The van der Waals surface area contributed by atoms with Gasteiger partial charge in [0.15, 0.2) is 5.82 Å². The zero-order chi connectivity index (χ0) is 16.2. The number of aromatic nitrogens is 1. The minimum absolute atomic E-state index is 0.0549. The second kappa shape index (κ2) is 6.63. The van der Waals surface area contributed by atoms with Crippen LogP contribution in [0.2, 0.25) is 0 Å². The van der Waals surface area contributed by atoms with Crippen LogP contribution in [0.1, 0.15) is 0 Å². The molecule has 7 nitrogen and oxygen atoms in total. The average Bonchev–Trinajstić information content (AvgIpc) is 2.54. The first kappa shape index (κ1) is 16.1. The number of benzene rings is 1. The van der Waals surface area contributed by atoms with Gasteiger partial charge in [-0.2, -0.15) is 0 Å². The maximum Gasteiger partial charge on any atom is 0.243 e. The van der Waals surface area contributed by atoms with Gasteiger partial charge in [0, 0.05) is 30.1 Å². The Kier molecular flexibility index (Phi) is 4.84. The fourth-order valence-corrected chi connectivity index (χ4v) is 2.66. The van der Waals surface area contributed by atoms with Gasteiger partial charge in [-0.1, -0.05) is 0 Å². The van der Waals surface area contributed by atoms with Gasteiger partial charge in [0.1, 0.15) is 16.4 Å². The van der Waals surface area contributed by atoms with E-state index in [4.69, 9.17) is 9.47 Å². The van der Waals surface area contributed by atoms with E-state index in [0.717, 1.165) is 0 Å². The molecule has 0 atom stereocenters. The minimum Gasteiger partial charge on any atom is -0.497 e. The van der Waals surface area contributed by atoms with Gasteiger partial charge in [-0.15, -0.1) is 0 Å². The summed E-state index contributed by atoms with van der Waals surface area (Å²) in [5.74, 6) is 1.37. The first-order valence-corrected chi connectivity index (χ1v) is 7.87. The van der Waals surface area contributed by atoms with E-state index in [1.54, 1.807) is 24.3 Å². The number of anilines is 2. The molecule has 118 valence electrons. The van der Waals surface area contributed by atoms with E-state index in [1.165, 1.54) is 33.5 Å². The lowest BCUT2D eigenvalue weighted by atomic mass is 10.2. The van der Waals surface area contributed by atoms with Crippen LogP contribution in [0, 0.1) is 0 Å². The predicted molar refractivity (Wildman–Crippen MR) is 83.3 cm³/mol. The molecule has 1 aromatic heterocycles. The normalized spacial score (nSPS) is 11.0. The summed E-state index contributed by atoms with van der Waals surface area (Å²) in [6, 6.07) is 8.18. The van der Waals surface area contributed by atoms with E-state index in [1.807, 2.05) is 0 Å². The Morgan fingerprint density at radius 2 is 1.73 bits per heavy atom. The molecule has 0 aliphatic rings. The molecule has 0 fully saturated rings. The summed E-state index contributed by atoms with van der Waals surface area (Å²) >= 11 is 0. The van der Waals surface area contributed by atoms with E-state index in [0.29, 0.717) is 17.2 Å². The van der Waals surface area contributed by atoms with Crippen molar-refractivity contribution in [2.45, 2.75) is 4.90 Å². The molecule has 0 spiro atoms. The summed E-state index contributed by atoms with van der Waals surface area (Å²) in [5, 5.41) is 2.97. The van der Waals surface area contributed by atoms with Gasteiger partial charge in [-0.3, -0.25) is 0 Å². The van der Waals surface area contributed by atoms with Gasteiger partial charge in [0.25, 0.3) is 0 Å². The third kappa shape index (κ3) is 3.46. The van der Waals surface area contributed by atoms with E-state index >= 15 is 0 Å². The molecule has 0 bridgehead atoms. The lowest BCUT2D eigenvalue weighted by Gasteiger charge is -2.13. The van der Waals surface area contributed by atoms with Crippen LogP contribution in [0.3, 0.4) is 0 Å². The molecule has 0 radical (unpaired) electrons. The SMILES string of the molecule is CNS(=O)(=O)c1cccnc1Nc1cc(OC)cc(OC)c1. The van der Waals surface area contributed by atoms with Crippen molar-refractivity contribution in [3.8, 4) is 11.5 Å². The van der Waals surface area contributed by atoms with Crippen LogP contribution >= 0.6 is 0 Å². The molecule has 0 aliphatic heterocycles. The van der Waals surface area contributed by atoms with Crippen molar-refractivity contribution in [2.24, 2.45) is 0 Å². The number of ether oxygens (including phenoxy) is 2. The number of hydrogen-bond acceptors (Lipinski definition) is 6. The van der Waals surface area contributed by atoms with Gasteiger partial charge >= 0.3 is 0 Å². The van der Waals surface area contributed by atoms with Crippen molar-refractivity contribution in [3.05, 3.63) is 36.5 Å². The van der Waals surface area contributed by atoms with Gasteiger partial charge in [-0.25, -0.2) is 18.1 Å². The van der Waals surface area contributed by atoms with Crippen LogP contribution in [-0.4, -0.2) is 34.7 Å². The van der Waals surface area contributed by atoms with Crippen molar-refractivity contribution in [1.82, 2.24) is 9.71 Å². The van der Waals surface area contributed by atoms with Crippen molar-refractivity contribution in [1.29, 1.82) is 0 Å². The Morgan fingerprint density at radius 1 is 1.09 bits per heavy atom. The molecule has 1 heterocycles. The van der Waals surface area contributed by atoms with Crippen molar-refractivity contribution in [2.75, 3.05) is 26.6 Å². The minimum atomic E-state index is -3.62. The average molecular weight is 323 g/mol. The highest BCUT2D eigenvalue weighted by molar-refractivity contribution is 7.89. The molecule has 1 aromatic carbocycles. The van der Waals surface area contributed by atoms with Crippen LogP contribution in [0.5, 0.6) is 11.5 Å². The third-order valence-corrected chi connectivity index (χ3v) is 4.39. The summed E-state index contributed by atoms with van der Waals surface area (Å²) < 4.78 is 36.7. The Hall–Kier alpha value is -2.32. The Morgan fingerprint density at radius 3 is 2.27 bits per heavy atom. The van der Waals surface area contributed by atoms with Crippen LogP contribution in [-0.2, 0) is 10.0 Å². The molecule has 0 saturated heterocycles. The highest BCUT2D eigenvalue weighted by atomic mass is 32.2. The maximum absolute atomic E-state index is 12.0. The zero-order valence-electron chi connectivity index (χ0n) is 12.5. The first-order valence-electron chi connectivity index (χ1n) is 6.39. The highest BCUT2D eigenvalue weighted by Gasteiger charge is 2.17. The second-order valence-electron chi connectivity index (χ2n) is 4.28. The number of hydrogen-bond donors (Lipinski definition) is 2. The van der Waals surface area contributed by atoms with E-state index in [-0.39, 0.29) is 10.7 Å². The Labute approximate surface area is 129 Å². The molecule has 8 heteroatoms. The van der Waals surface area contributed by atoms with Crippen molar-refractivity contribution in [3.63, 3.8) is 0 Å². The summed E-state index contributed by atoms with van der Waals surface area (Å²) in [5.41, 5.74) is 0.599. The molecule has 0 saturated carbocycles. The fourth-order valence-electron chi connectivity index (χ4n) is 1.83. The van der Waals surface area contributed by atoms with Gasteiger partial charge < -0.3 is 14.8 Å². The number of rotatable bonds is 6. The Bertz CT molecular complexity index is 740. The smallest absolute Gasteiger partial charge is 0.243 e. The van der Waals surface area contributed by atoms with Crippen LogP contribution in [0.15, 0.2) is 41.4 Å². The van der Waals surface area contributed by atoms with E-state index in [9.17, 15) is 8.42 Å². The number of nitrogens with one attached hydrogen (secondary N) is 2. The van der Waals surface area contributed by atoms with Crippen molar-refractivity contribution >= 4 is 21.5 Å². The van der Waals surface area contributed by atoms with E-state index < -0.39 is 10.0 Å². The standard InChI is InChI=1S/C14H17N3O4S/c1-15-22(18,19)13-5-4-6-16-14(13)17-10-7-11(20-2)9-12(8-10)21-3/h4-9,15H,1-3H3,(H,16,17). The molecule has 0 unspecified atom stereocenters. The van der Waals surface area contributed by atoms with Crippen LogP contribution in [0.25, 0.3) is 0 Å². The molecule has 0 amide bonds. The molecular formula is C14H17N3O4S. The highest BCUT2D eigenvalue weighted by Crippen LogP contribution is 2.29. The summed E-state index contributed by atoms with van der Waals surface area (Å²) in [6.07, 6.45) is 1.51. The molecule has 2 aromatic rings. The maximum atomic E-state index is 12.0. The summed E-state index contributed by atoms with van der Waals surface area (Å²) in [4.78, 5) is 4.14. The van der Waals surface area contributed by atoms with Gasteiger partial charge in [0.05, 0.1) is 14.2 Å². The lowest BCUT2D eigenvalue weighted by Crippen LogP contribution is -2.20. The van der Waals surface area contributed by atoms with Gasteiger partial charge in [-0.05, 0) is 19.2 Å². The number of methoxy groups -OCH3 is 2. The summed E-state index contributed by atoms with van der Waals surface area (Å²) in [7, 11) is 0.806. The third-order valence-electron chi connectivity index (χ3n) is 2.94. The van der Waals surface area contributed by atoms with Gasteiger partial charge in [0.2, 0.25) is 10.0 Å². The topological polar surface area (TPSA) is 89.6 Å². The number of pyridine rings is 1. The molecule has 0 aliphatic carbocycles. The zero-order valence-corrected chi connectivity index (χ0v) is 13.3. The molecular weight excluding hydrogens is 306 g/mol.